The van der Waals surface area contributed by atoms with Crippen molar-refractivity contribution in [3.8, 4) is 17.6 Å². The molecule has 0 aromatic heterocycles. The predicted molar refractivity (Wildman–Crippen MR) is 134 cm³/mol. The van der Waals surface area contributed by atoms with Crippen LogP contribution in [-0.4, -0.2) is 57.2 Å². The number of hydrogen-bond acceptors (Lipinski definition) is 5. The molecule has 3 N–H and O–H groups in total. The Morgan fingerprint density at radius 3 is 2.61 bits per heavy atom. The Hall–Kier alpha value is -2.79. The predicted octanol–water partition coefficient (Wildman–Crippen LogP) is 5.07. The topological polar surface area (TPSA) is 69.6 Å². The number of ether oxygens (including phenoxy) is 2. The largest absolute Gasteiger partial charge is 0.492 e. The van der Waals surface area contributed by atoms with Gasteiger partial charge in [0.2, 0.25) is 0 Å². The van der Waals surface area contributed by atoms with Crippen molar-refractivity contribution in [2.75, 3.05) is 51.6 Å². The van der Waals surface area contributed by atoms with Crippen molar-refractivity contribution in [1.29, 1.82) is 5.41 Å². The van der Waals surface area contributed by atoms with Crippen LogP contribution >= 0.6 is 11.6 Å². The maximum absolute atomic E-state index is 13.5. The van der Waals surface area contributed by atoms with E-state index in [2.05, 4.69) is 27.4 Å². The number of halogens is 2. The van der Waals surface area contributed by atoms with Gasteiger partial charge < -0.3 is 20.1 Å². The molecule has 0 saturated heterocycles. The first-order valence-corrected chi connectivity index (χ1v) is 11.0. The molecule has 178 valence electrons. The van der Waals surface area contributed by atoms with Crippen molar-refractivity contribution in [3.05, 3.63) is 52.3 Å². The van der Waals surface area contributed by atoms with Gasteiger partial charge >= 0.3 is 0 Å². The van der Waals surface area contributed by atoms with E-state index in [9.17, 15) is 4.39 Å². The SMILES string of the molecule is CCOc1cc(NC)c(C(=N)Nc2ccc(F)c(Cl)c2)cc1C#CC(C)(C)N(C)CCOC. The van der Waals surface area contributed by atoms with Crippen LogP contribution < -0.4 is 15.4 Å². The first kappa shape index (κ1) is 26.5. The number of hydrogen-bond donors (Lipinski definition) is 3. The fourth-order valence-corrected chi connectivity index (χ4v) is 3.16. The number of methoxy groups -OCH3 is 1. The van der Waals surface area contributed by atoms with Crippen LogP contribution in [0.2, 0.25) is 5.02 Å². The van der Waals surface area contributed by atoms with Crippen LogP contribution in [0.1, 0.15) is 31.9 Å². The number of nitrogens with zero attached hydrogens (tertiary/aromatic N) is 1. The molecule has 0 unspecified atom stereocenters. The van der Waals surface area contributed by atoms with Gasteiger partial charge in [-0.05, 0) is 52.1 Å². The number of nitrogens with one attached hydrogen (secondary N) is 3. The average Bonchev–Trinajstić information content (AvgIpc) is 2.78. The summed E-state index contributed by atoms with van der Waals surface area (Å²) in [5.41, 5.74) is 2.07. The highest BCUT2D eigenvalue weighted by atomic mass is 35.5. The molecule has 0 aliphatic heterocycles. The van der Waals surface area contributed by atoms with Gasteiger partial charge in [-0.1, -0.05) is 23.4 Å². The van der Waals surface area contributed by atoms with Crippen LogP contribution in [0.5, 0.6) is 5.75 Å². The zero-order chi connectivity index (χ0) is 24.6. The van der Waals surface area contributed by atoms with E-state index in [0.717, 1.165) is 6.54 Å². The summed E-state index contributed by atoms with van der Waals surface area (Å²) in [7, 11) is 5.45. The minimum absolute atomic E-state index is 0.0142. The van der Waals surface area contributed by atoms with Crippen molar-refractivity contribution >= 4 is 28.8 Å². The second kappa shape index (κ2) is 11.9. The Morgan fingerprint density at radius 1 is 1.27 bits per heavy atom. The molecule has 0 aliphatic carbocycles. The number of anilines is 2. The van der Waals surface area contributed by atoms with E-state index in [1.165, 1.54) is 18.2 Å². The standard InChI is InChI=1S/C25H32ClFN4O2/c1-7-33-23-16-22(29-4)19(24(28)30-18-8-9-21(27)20(26)15-18)14-17(23)10-11-25(2,3)31(5)12-13-32-6/h8-9,14-16,29H,7,12-13H2,1-6H3,(H2,28,30). The fourth-order valence-electron chi connectivity index (χ4n) is 2.98. The van der Waals surface area contributed by atoms with Crippen molar-refractivity contribution in [2.24, 2.45) is 0 Å². The van der Waals surface area contributed by atoms with Crippen LogP contribution in [0, 0.1) is 23.1 Å². The summed E-state index contributed by atoms with van der Waals surface area (Å²) >= 11 is 5.88. The number of benzene rings is 2. The lowest BCUT2D eigenvalue weighted by Crippen LogP contribution is -2.41. The summed E-state index contributed by atoms with van der Waals surface area (Å²) in [5.74, 6) is 6.80. The van der Waals surface area contributed by atoms with Crippen LogP contribution in [0.3, 0.4) is 0 Å². The summed E-state index contributed by atoms with van der Waals surface area (Å²) in [6.07, 6.45) is 0. The highest BCUT2D eigenvalue weighted by Crippen LogP contribution is 2.29. The molecule has 0 spiro atoms. The number of amidine groups is 1. The molecule has 0 heterocycles. The molecule has 0 bridgehead atoms. The van der Waals surface area contributed by atoms with Gasteiger partial charge in [0.1, 0.15) is 17.4 Å². The third kappa shape index (κ3) is 7.10. The Labute approximate surface area is 200 Å². The zero-order valence-electron chi connectivity index (χ0n) is 20.0. The van der Waals surface area contributed by atoms with E-state index >= 15 is 0 Å². The number of rotatable bonds is 9. The van der Waals surface area contributed by atoms with Gasteiger partial charge in [-0.25, -0.2) is 4.39 Å². The van der Waals surface area contributed by atoms with Gasteiger partial charge in [0.05, 0.1) is 29.3 Å². The molecule has 0 radical (unpaired) electrons. The molecule has 0 fully saturated rings. The lowest BCUT2D eigenvalue weighted by molar-refractivity contribution is 0.127. The minimum Gasteiger partial charge on any atom is -0.492 e. The molecule has 2 aromatic rings. The number of likely N-dealkylation sites (N-methyl/N-ethyl adjacent to an activating group) is 1. The molecule has 6 nitrogen and oxygen atoms in total. The maximum atomic E-state index is 13.5. The van der Waals surface area contributed by atoms with E-state index in [0.29, 0.717) is 41.5 Å². The van der Waals surface area contributed by atoms with E-state index in [1.807, 2.05) is 40.0 Å². The molecule has 33 heavy (non-hydrogen) atoms. The normalized spacial score (nSPS) is 11.1. The Morgan fingerprint density at radius 2 is 2.00 bits per heavy atom. The Balaban J connectivity index is 2.44. The summed E-state index contributed by atoms with van der Waals surface area (Å²) < 4.78 is 24.5. The lowest BCUT2D eigenvalue weighted by Gasteiger charge is -2.30. The fraction of sp³-hybridized carbons (Fsp3) is 0.400. The van der Waals surface area contributed by atoms with Gasteiger partial charge in [-0.15, -0.1) is 0 Å². The van der Waals surface area contributed by atoms with Gasteiger partial charge in [0, 0.05) is 43.7 Å². The highest BCUT2D eigenvalue weighted by Gasteiger charge is 2.21. The smallest absolute Gasteiger partial charge is 0.141 e. The summed E-state index contributed by atoms with van der Waals surface area (Å²) in [4.78, 5) is 2.12. The van der Waals surface area contributed by atoms with Crippen LogP contribution in [0.15, 0.2) is 30.3 Å². The van der Waals surface area contributed by atoms with Crippen LogP contribution in [-0.2, 0) is 4.74 Å². The second-order valence-corrected chi connectivity index (χ2v) is 8.34. The maximum Gasteiger partial charge on any atom is 0.141 e. The van der Waals surface area contributed by atoms with E-state index in [1.54, 1.807) is 14.2 Å². The van der Waals surface area contributed by atoms with Crippen LogP contribution in [0.4, 0.5) is 15.8 Å². The molecular formula is C25H32ClFN4O2. The average molecular weight is 475 g/mol. The second-order valence-electron chi connectivity index (χ2n) is 7.93. The van der Waals surface area contributed by atoms with Gasteiger partial charge in [-0.2, -0.15) is 0 Å². The Kier molecular flexibility index (Phi) is 9.54. The van der Waals surface area contributed by atoms with Gasteiger partial charge in [0.15, 0.2) is 0 Å². The highest BCUT2D eigenvalue weighted by molar-refractivity contribution is 6.31. The van der Waals surface area contributed by atoms with Crippen LogP contribution in [0.25, 0.3) is 0 Å². The molecular weight excluding hydrogens is 443 g/mol. The summed E-state index contributed by atoms with van der Waals surface area (Å²) in [6.45, 7) is 7.84. The van der Waals surface area contributed by atoms with Crippen molar-refractivity contribution in [3.63, 3.8) is 0 Å². The Bertz CT molecular complexity index is 1050. The molecule has 0 amide bonds. The molecule has 0 aliphatic rings. The summed E-state index contributed by atoms with van der Waals surface area (Å²) in [6, 6.07) is 7.88. The minimum atomic E-state index is -0.513. The third-order valence-electron chi connectivity index (χ3n) is 5.24. The first-order valence-electron chi connectivity index (χ1n) is 10.7. The molecule has 8 heteroatoms. The third-order valence-corrected chi connectivity index (χ3v) is 5.53. The van der Waals surface area contributed by atoms with Gasteiger partial charge in [-0.3, -0.25) is 10.3 Å². The van der Waals surface area contributed by atoms with Gasteiger partial charge in [0.25, 0.3) is 0 Å². The molecule has 2 aromatic carbocycles. The monoisotopic (exact) mass is 474 g/mol. The van der Waals surface area contributed by atoms with Crippen molar-refractivity contribution < 1.29 is 13.9 Å². The van der Waals surface area contributed by atoms with E-state index < -0.39 is 11.4 Å². The van der Waals surface area contributed by atoms with Crippen molar-refractivity contribution in [2.45, 2.75) is 26.3 Å². The van der Waals surface area contributed by atoms with E-state index in [-0.39, 0.29) is 10.9 Å². The quantitative estimate of drug-likeness (QED) is 0.269. The lowest BCUT2D eigenvalue weighted by atomic mass is 10.0. The molecule has 2 rings (SSSR count). The van der Waals surface area contributed by atoms with Crippen molar-refractivity contribution in [1.82, 2.24) is 4.90 Å². The summed E-state index contributed by atoms with van der Waals surface area (Å²) in [5, 5.41) is 14.7. The zero-order valence-corrected chi connectivity index (χ0v) is 20.8. The molecule has 0 atom stereocenters. The molecule has 0 saturated carbocycles. The van der Waals surface area contributed by atoms with E-state index in [4.69, 9.17) is 26.5 Å². The first-order chi connectivity index (χ1) is 15.6.